The van der Waals surface area contributed by atoms with Crippen molar-refractivity contribution in [3.05, 3.63) is 34.0 Å². The first kappa shape index (κ1) is 11.8. The molecule has 18 heavy (non-hydrogen) atoms. The number of aryl methyl sites for hydroxylation is 1. The van der Waals surface area contributed by atoms with Crippen molar-refractivity contribution in [1.29, 1.82) is 0 Å². The van der Waals surface area contributed by atoms with E-state index in [1.165, 1.54) is 0 Å². The third kappa shape index (κ3) is 2.45. The fraction of sp³-hybridized carbons (Fsp3) is 0.500. The van der Waals surface area contributed by atoms with Gasteiger partial charge in [0.05, 0.1) is 35.7 Å². The first-order valence-corrected chi connectivity index (χ1v) is 6.93. The van der Waals surface area contributed by atoms with Gasteiger partial charge in [-0.1, -0.05) is 0 Å². The number of hydrogen-bond acceptors (Lipinski definition) is 5. The lowest BCUT2D eigenvalue weighted by atomic mass is 10.1. The quantitative estimate of drug-likeness (QED) is 0.917. The molecular formula is C12H16N4OS. The molecule has 0 radical (unpaired) electrons. The number of H-pyrrole nitrogens is 1. The zero-order valence-electron chi connectivity index (χ0n) is 10.3. The molecule has 2 aromatic heterocycles. The van der Waals surface area contributed by atoms with Crippen LogP contribution in [0.1, 0.15) is 22.4 Å². The fourth-order valence-corrected chi connectivity index (χ4v) is 2.86. The zero-order valence-corrected chi connectivity index (χ0v) is 11.1. The minimum Gasteiger partial charge on any atom is -0.378 e. The summed E-state index contributed by atoms with van der Waals surface area (Å²) < 4.78 is 5.57. The minimum atomic E-state index is 0.253. The number of thiazole rings is 1. The summed E-state index contributed by atoms with van der Waals surface area (Å²) in [5.74, 6) is 0. The molecule has 6 heteroatoms. The van der Waals surface area contributed by atoms with Crippen LogP contribution in [0.25, 0.3) is 0 Å². The van der Waals surface area contributed by atoms with E-state index in [4.69, 9.17) is 4.74 Å². The summed E-state index contributed by atoms with van der Waals surface area (Å²) in [5.41, 5.74) is 2.26. The number of hydrogen-bond donors (Lipinski definition) is 1. The predicted molar refractivity (Wildman–Crippen MR) is 69.4 cm³/mol. The second-order valence-electron chi connectivity index (χ2n) is 4.43. The van der Waals surface area contributed by atoms with Crippen molar-refractivity contribution in [2.75, 3.05) is 19.8 Å². The average Bonchev–Trinajstić information content (AvgIpc) is 3.02. The molecule has 0 bridgehead atoms. The molecule has 0 unspecified atom stereocenters. The van der Waals surface area contributed by atoms with E-state index in [9.17, 15) is 0 Å². The van der Waals surface area contributed by atoms with Gasteiger partial charge in [-0.15, -0.1) is 11.3 Å². The normalized spacial score (nSPS) is 21.3. The van der Waals surface area contributed by atoms with Gasteiger partial charge in [-0.05, 0) is 13.0 Å². The molecule has 1 N–H and O–H groups in total. The Kier molecular flexibility index (Phi) is 3.40. The van der Waals surface area contributed by atoms with Gasteiger partial charge >= 0.3 is 0 Å². The highest BCUT2D eigenvalue weighted by Gasteiger charge is 2.26. The maximum Gasteiger partial charge on any atom is 0.0897 e. The number of rotatable bonds is 3. The van der Waals surface area contributed by atoms with Gasteiger partial charge in [-0.3, -0.25) is 10.00 Å². The third-order valence-corrected chi connectivity index (χ3v) is 3.97. The van der Waals surface area contributed by atoms with Crippen molar-refractivity contribution in [1.82, 2.24) is 20.1 Å². The number of morpholine rings is 1. The fourth-order valence-electron chi connectivity index (χ4n) is 2.25. The lowest BCUT2D eigenvalue weighted by Gasteiger charge is -2.34. The Labute approximate surface area is 110 Å². The molecule has 96 valence electrons. The molecule has 0 amide bonds. The van der Waals surface area contributed by atoms with Crippen LogP contribution < -0.4 is 0 Å². The maximum atomic E-state index is 5.57. The van der Waals surface area contributed by atoms with Gasteiger partial charge in [-0.25, -0.2) is 4.98 Å². The Bertz CT molecular complexity index is 496. The second-order valence-corrected chi connectivity index (χ2v) is 5.49. The van der Waals surface area contributed by atoms with Crippen LogP contribution in [0.2, 0.25) is 0 Å². The SMILES string of the molecule is Cc1nc(CN2CCOC[C@@H]2c2ccn[nH]2)cs1. The van der Waals surface area contributed by atoms with Crippen LogP contribution in [0.5, 0.6) is 0 Å². The van der Waals surface area contributed by atoms with Crippen LogP contribution in [0, 0.1) is 6.92 Å². The van der Waals surface area contributed by atoms with E-state index in [2.05, 4.69) is 25.5 Å². The van der Waals surface area contributed by atoms with Crippen molar-refractivity contribution in [3.63, 3.8) is 0 Å². The number of aromatic amines is 1. The molecule has 2 aromatic rings. The molecule has 3 rings (SSSR count). The van der Waals surface area contributed by atoms with Crippen molar-refractivity contribution < 1.29 is 4.74 Å². The monoisotopic (exact) mass is 264 g/mol. The highest BCUT2D eigenvalue weighted by molar-refractivity contribution is 7.09. The number of nitrogens with zero attached hydrogens (tertiary/aromatic N) is 3. The zero-order chi connectivity index (χ0) is 12.4. The Balaban J connectivity index is 1.76. The van der Waals surface area contributed by atoms with E-state index in [-0.39, 0.29) is 6.04 Å². The van der Waals surface area contributed by atoms with E-state index in [1.54, 1.807) is 17.5 Å². The molecule has 5 nitrogen and oxygen atoms in total. The lowest BCUT2D eigenvalue weighted by Crippen LogP contribution is -2.39. The number of aromatic nitrogens is 3. The molecule has 0 aromatic carbocycles. The molecule has 0 spiro atoms. The second kappa shape index (κ2) is 5.17. The van der Waals surface area contributed by atoms with Crippen LogP contribution >= 0.6 is 11.3 Å². The highest BCUT2D eigenvalue weighted by Crippen LogP contribution is 2.24. The van der Waals surface area contributed by atoms with Crippen LogP contribution in [0.3, 0.4) is 0 Å². The topological polar surface area (TPSA) is 54.0 Å². The molecule has 0 aliphatic carbocycles. The van der Waals surface area contributed by atoms with Crippen LogP contribution in [-0.4, -0.2) is 39.8 Å². The summed E-state index contributed by atoms with van der Waals surface area (Å²) in [6, 6.07) is 2.27. The van der Waals surface area contributed by atoms with Crippen LogP contribution in [-0.2, 0) is 11.3 Å². The van der Waals surface area contributed by atoms with E-state index < -0.39 is 0 Å². The van der Waals surface area contributed by atoms with Gasteiger partial charge in [0, 0.05) is 24.7 Å². The Morgan fingerprint density at radius 2 is 2.56 bits per heavy atom. The van der Waals surface area contributed by atoms with E-state index in [0.29, 0.717) is 6.61 Å². The van der Waals surface area contributed by atoms with Crippen molar-refractivity contribution in [2.45, 2.75) is 19.5 Å². The highest BCUT2D eigenvalue weighted by atomic mass is 32.1. The average molecular weight is 264 g/mol. The van der Waals surface area contributed by atoms with Gasteiger partial charge in [0.15, 0.2) is 0 Å². The molecule has 1 atom stereocenters. The first-order chi connectivity index (χ1) is 8.83. The summed E-state index contributed by atoms with van der Waals surface area (Å²) in [6.45, 7) is 5.34. The van der Waals surface area contributed by atoms with E-state index in [1.807, 2.05) is 13.0 Å². The third-order valence-electron chi connectivity index (χ3n) is 3.15. The van der Waals surface area contributed by atoms with Gasteiger partial charge in [-0.2, -0.15) is 5.10 Å². The van der Waals surface area contributed by atoms with Gasteiger partial charge < -0.3 is 4.74 Å². The van der Waals surface area contributed by atoms with E-state index in [0.717, 1.165) is 36.1 Å². The molecule has 1 fully saturated rings. The molecule has 1 aliphatic rings. The molecule has 3 heterocycles. The molecule has 1 aliphatic heterocycles. The van der Waals surface area contributed by atoms with Crippen LogP contribution in [0.15, 0.2) is 17.6 Å². The lowest BCUT2D eigenvalue weighted by molar-refractivity contribution is -0.0147. The van der Waals surface area contributed by atoms with Gasteiger partial charge in [0.25, 0.3) is 0 Å². The van der Waals surface area contributed by atoms with Crippen molar-refractivity contribution >= 4 is 11.3 Å². The Hall–Kier alpha value is -1.24. The van der Waals surface area contributed by atoms with Gasteiger partial charge in [0.1, 0.15) is 0 Å². The first-order valence-electron chi connectivity index (χ1n) is 6.05. The van der Waals surface area contributed by atoms with Crippen molar-refractivity contribution in [2.24, 2.45) is 0 Å². The summed E-state index contributed by atoms with van der Waals surface area (Å²) in [5, 5.41) is 10.3. The number of nitrogens with one attached hydrogen (secondary N) is 1. The standard InChI is InChI=1S/C12H16N4OS/c1-9-14-10(8-18-9)6-16-4-5-17-7-12(16)11-2-3-13-15-11/h2-3,8,12H,4-7H2,1H3,(H,13,15)/t12-/m1/s1. The summed E-state index contributed by atoms with van der Waals surface area (Å²) in [4.78, 5) is 6.93. The summed E-state index contributed by atoms with van der Waals surface area (Å²) >= 11 is 1.70. The van der Waals surface area contributed by atoms with E-state index >= 15 is 0 Å². The Morgan fingerprint density at radius 1 is 1.61 bits per heavy atom. The molecular weight excluding hydrogens is 248 g/mol. The van der Waals surface area contributed by atoms with Crippen molar-refractivity contribution in [3.8, 4) is 0 Å². The molecule has 1 saturated heterocycles. The maximum absolute atomic E-state index is 5.57. The van der Waals surface area contributed by atoms with Gasteiger partial charge in [0.2, 0.25) is 0 Å². The Morgan fingerprint density at radius 3 is 3.28 bits per heavy atom. The minimum absolute atomic E-state index is 0.253. The smallest absolute Gasteiger partial charge is 0.0897 e. The predicted octanol–water partition coefficient (Wildman–Crippen LogP) is 1.75. The number of ether oxygens (including phenoxy) is 1. The largest absolute Gasteiger partial charge is 0.378 e. The summed E-state index contributed by atoms with van der Waals surface area (Å²) in [6.07, 6.45) is 1.79. The van der Waals surface area contributed by atoms with Crippen LogP contribution in [0.4, 0.5) is 0 Å². The summed E-state index contributed by atoms with van der Waals surface area (Å²) in [7, 11) is 0. The molecule has 0 saturated carbocycles.